The molecule has 0 bridgehead atoms. The molecular formula is C11H13ClN2O. The van der Waals surface area contributed by atoms with E-state index in [1.807, 2.05) is 19.9 Å². The standard InChI is InChI=1S/C11H13ClN2O/c1-11(2,14)7-15-9-4-3-8(6-13)10(12)5-9/h3-5H,7,14H2,1-2H3. The van der Waals surface area contributed by atoms with Gasteiger partial charge in [-0.1, -0.05) is 11.6 Å². The van der Waals surface area contributed by atoms with Gasteiger partial charge in [-0.05, 0) is 26.0 Å². The van der Waals surface area contributed by atoms with E-state index in [-0.39, 0.29) is 5.54 Å². The molecule has 0 radical (unpaired) electrons. The number of halogens is 1. The molecule has 0 aromatic heterocycles. The van der Waals surface area contributed by atoms with Crippen LogP contribution in [0.15, 0.2) is 18.2 Å². The molecule has 0 fully saturated rings. The molecule has 0 aliphatic carbocycles. The first kappa shape index (κ1) is 11.8. The van der Waals surface area contributed by atoms with E-state index in [0.717, 1.165) is 0 Å². The Bertz CT molecular complexity index is 391. The van der Waals surface area contributed by atoms with Crippen molar-refractivity contribution in [2.75, 3.05) is 6.61 Å². The number of nitriles is 1. The maximum atomic E-state index is 8.67. The largest absolute Gasteiger partial charge is 0.492 e. The van der Waals surface area contributed by atoms with Crippen LogP contribution in [0.4, 0.5) is 0 Å². The summed E-state index contributed by atoms with van der Waals surface area (Å²) < 4.78 is 5.43. The maximum absolute atomic E-state index is 8.67. The van der Waals surface area contributed by atoms with Crippen molar-refractivity contribution in [3.05, 3.63) is 28.8 Å². The Morgan fingerprint density at radius 3 is 2.67 bits per heavy atom. The third-order valence-corrected chi connectivity index (χ3v) is 1.98. The molecule has 0 amide bonds. The van der Waals surface area contributed by atoms with E-state index < -0.39 is 0 Å². The first-order chi connectivity index (χ1) is 6.92. The molecule has 0 aliphatic rings. The second-order valence-electron chi connectivity index (χ2n) is 4.03. The van der Waals surface area contributed by atoms with Crippen LogP contribution < -0.4 is 10.5 Å². The minimum atomic E-state index is -0.389. The minimum absolute atomic E-state index is 0.389. The van der Waals surface area contributed by atoms with E-state index in [9.17, 15) is 0 Å². The molecule has 4 heteroatoms. The van der Waals surface area contributed by atoms with Gasteiger partial charge in [-0.15, -0.1) is 0 Å². The monoisotopic (exact) mass is 224 g/mol. The Hall–Kier alpha value is -1.24. The van der Waals surface area contributed by atoms with Gasteiger partial charge < -0.3 is 10.5 Å². The van der Waals surface area contributed by atoms with Crippen molar-refractivity contribution in [1.82, 2.24) is 0 Å². The van der Waals surface area contributed by atoms with Crippen LogP contribution in [-0.2, 0) is 0 Å². The lowest BCUT2D eigenvalue weighted by Crippen LogP contribution is -2.38. The van der Waals surface area contributed by atoms with Crippen molar-refractivity contribution < 1.29 is 4.74 Å². The van der Waals surface area contributed by atoms with Crippen LogP contribution in [0.2, 0.25) is 5.02 Å². The van der Waals surface area contributed by atoms with Crippen molar-refractivity contribution >= 4 is 11.6 Å². The Morgan fingerprint density at radius 2 is 2.20 bits per heavy atom. The van der Waals surface area contributed by atoms with Gasteiger partial charge in [0.05, 0.1) is 10.6 Å². The topological polar surface area (TPSA) is 59.0 Å². The number of hydrogen-bond donors (Lipinski definition) is 1. The van der Waals surface area contributed by atoms with Crippen molar-refractivity contribution in [2.45, 2.75) is 19.4 Å². The third-order valence-electron chi connectivity index (χ3n) is 1.67. The van der Waals surface area contributed by atoms with E-state index in [4.69, 9.17) is 27.3 Å². The molecule has 0 aliphatic heterocycles. The van der Waals surface area contributed by atoms with E-state index in [0.29, 0.717) is 22.9 Å². The van der Waals surface area contributed by atoms with Crippen LogP contribution in [0.3, 0.4) is 0 Å². The number of benzene rings is 1. The van der Waals surface area contributed by atoms with E-state index >= 15 is 0 Å². The number of hydrogen-bond acceptors (Lipinski definition) is 3. The number of nitrogens with zero attached hydrogens (tertiary/aromatic N) is 1. The highest BCUT2D eigenvalue weighted by molar-refractivity contribution is 6.31. The zero-order valence-corrected chi connectivity index (χ0v) is 9.51. The average molecular weight is 225 g/mol. The Kier molecular flexibility index (Phi) is 3.57. The first-order valence-corrected chi connectivity index (χ1v) is 4.91. The van der Waals surface area contributed by atoms with Crippen LogP contribution in [0, 0.1) is 11.3 Å². The van der Waals surface area contributed by atoms with Gasteiger partial charge in [0.2, 0.25) is 0 Å². The van der Waals surface area contributed by atoms with Gasteiger partial charge in [-0.3, -0.25) is 0 Å². The Labute approximate surface area is 94.4 Å². The highest BCUT2D eigenvalue weighted by Crippen LogP contribution is 2.22. The number of ether oxygens (including phenoxy) is 1. The molecule has 1 aromatic carbocycles. The molecule has 0 unspecified atom stereocenters. The van der Waals surface area contributed by atoms with Crippen LogP contribution in [0.25, 0.3) is 0 Å². The zero-order chi connectivity index (χ0) is 11.5. The Balaban J connectivity index is 2.73. The molecule has 3 nitrogen and oxygen atoms in total. The van der Waals surface area contributed by atoms with Gasteiger partial charge >= 0.3 is 0 Å². The normalized spacial score (nSPS) is 10.9. The average Bonchev–Trinajstić information content (AvgIpc) is 2.14. The quantitative estimate of drug-likeness (QED) is 0.857. The minimum Gasteiger partial charge on any atom is -0.492 e. The summed E-state index contributed by atoms with van der Waals surface area (Å²) in [5.74, 6) is 0.623. The molecule has 1 rings (SSSR count). The third kappa shape index (κ3) is 3.78. The summed E-state index contributed by atoms with van der Waals surface area (Å²) in [6.07, 6.45) is 0. The SMILES string of the molecule is CC(C)(N)COc1ccc(C#N)c(Cl)c1. The molecule has 80 valence electrons. The summed E-state index contributed by atoms with van der Waals surface area (Å²) >= 11 is 5.85. The van der Waals surface area contributed by atoms with Crippen molar-refractivity contribution in [3.63, 3.8) is 0 Å². The second kappa shape index (κ2) is 4.52. The first-order valence-electron chi connectivity index (χ1n) is 4.54. The van der Waals surface area contributed by atoms with Crippen LogP contribution in [0.5, 0.6) is 5.75 Å². The van der Waals surface area contributed by atoms with Gasteiger partial charge in [-0.25, -0.2) is 0 Å². The van der Waals surface area contributed by atoms with Crippen LogP contribution >= 0.6 is 11.6 Å². The summed E-state index contributed by atoms with van der Waals surface area (Å²) in [5, 5.41) is 9.07. The van der Waals surface area contributed by atoms with Gasteiger partial charge in [0.15, 0.2) is 0 Å². The van der Waals surface area contributed by atoms with Crippen molar-refractivity contribution in [1.29, 1.82) is 5.26 Å². The van der Waals surface area contributed by atoms with E-state index in [1.165, 1.54) is 0 Å². The van der Waals surface area contributed by atoms with Crippen LogP contribution in [-0.4, -0.2) is 12.1 Å². The summed E-state index contributed by atoms with van der Waals surface area (Å²) in [5.41, 5.74) is 5.82. The maximum Gasteiger partial charge on any atom is 0.120 e. The summed E-state index contributed by atoms with van der Waals surface area (Å²) in [4.78, 5) is 0. The van der Waals surface area contributed by atoms with Gasteiger partial charge in [-0.2, -0.15) is 5.26 Å². The lowest BCUT2D eigenvalue weighted by atomic mass is 10.1. The number of nitrogens with two attached hydrogens (primary N) is 1. The fourth-order valence-corrected chi connectivity index (χ4v) is 1.16. The van der Waals surface area contributed by atoms with Gasteiger partial charge in [0.25, 0.3) is 0 Å². The molecule has 0 spiro atoms. The molecule has 0 heterocycles. The fourth-order valence-electron chi connectivity index (χ4n) is 0.946. The molecule has 15 heavy (non-hydrogen) atoms. The van der Waals surface area contributed by atoms with E-state index in [1.54, 1.807) is 18.2 Å². The summed E-state index contributed by atoms with van der Waals surface area (Å²) in [7, 11) is 0. The smallest absolute Gasteiger partial charge is 0.120 e. The summed E-state index contributed by atoms with van der Waals surface area (Å²) in [6.45, 7) is 4.14. The molecule has 2 N–H and O–H groups in total. The molecule has 0 saturated heterocycles. The molecular weight excluding hydrogens is 212 g/mol. The predicted octanol–water partition coefficient (Wildman–Crippen LogP) is 2.33. The van der Waals surface area contributed by atoms with Gasteiger partial charge in [0.1, 0.15) is 18.4 Å². The van der Waals surface area contributed by atoms with Crippen molar-refractivity contribution in [2.24, 2.45) is 5.73 Å². The number of rotatable bonds is 3. The lowest BCUT2D eigenvalue weighted by molar-refractivity contribution is 0.243. The molecule has 0 saturated carbocycles. The van der Waals surface area contributed by atoms with E-state index in [2.05, 4.69) is 0 Å². The van der Waals surface area contributed by atoms with Crippen molar-refractivity contribution in [3.8, 4) is 11.8 Å². The highest BCUT2D eigenvalue weighted by Gasteiger charge is 2.11. The Morgan fingerprint density at radius 1 is 1.53 bits per heavy atom. The lowest BCUT2D eigenvalue weighted by Gasteiger charge is -2.19. The molecule has 1 aromatic rings. The predicted molar refractivity (Wildman–Crippen MR) is 59.9 cm³/mol. The zero-order valence-electron chi connectivity index (χ0n) is 8.75. The molecule has 0 atom stereocenters. The summed E-state index contributed by atoms with van der Waals surface area (Å²) in [6, 6.07) is 6.93. The highest BCUT2D eigenvalue weighted by atomic mass is 35.5. The van der Waals surface area contributed by atoms with Crippen LogP contribution in [0.1, 0.15) is 19.4 Å². The fraction of sp³-hybridized carbons (Fsp3) is 0.364. The second-order valence-corrected chi connectivity index (χ2v) is 4.44. The van der Waals surface area contributed by atoms with Gasteiger partial charge in [0, 0.05) is 11.6 Å².